The number of benzene rings is 1. The first-order valence-electron chi connectivity index (χ1n) is 6.99. The lowest BCUT2D eigenvalue weighted by atomic mass is 9.84. The van der Waals surface area contributed by atoms with Crippen LogP contribution in [0.3, 0.4) is 0 Å². The second-order valence-electron chi connectivity index (χ2n) is 5.33. The van der Waals surface area contributed by atoms with E-state index < -0.39 is 0 Å². The molecule has 4 nitrogen and oxygen atoms in total. The number of hydrogen-bond acceptors (Lipinski definition) is 4. The standard InChI is InChI=1S/C15H17ClN2O2/c16-12-7-5-10(6-8-12)15-17-14(20-18-15)9-11-3-1-2-4-13(11)19/h5-8,11,13,19H,1-4,9H2. The van der Waals surface area contributed by atoms with Crippen LogP contribution in [0.5, 0.6) is 0 Å². The molecule has 1 aliphatic carbocycles. The Kier molecular flexibility index (Phi) is 4.03. The molecule has 20 heavy (non-hydrogen) atoms. The van der Waals surface area contributed by atoms with Gasteiger partial charge in [0.1, 0.15) is 0 Å². The molecule has 0 bridgehead atoms. The van der Waals surface area contributed by atoms with Gasteiger partial charge in [0.15, 0.2) is 0 Å². The topological polar surface area (TPSA) is 59.2 Å². The molecule has 2 unspecified atom stereocenters. The number of rotatable bonds is 3. The van der Waals surface area contributed by atoms with Crippen molar-refractivity contribution in [3.05, 3.63) is 35.2 Å². The molecule has 0 radical (unpaired) electrons. The summed E-state index contributed by atoms with van der Waals surface area (Å²) in [4.78, 5) is 4.41. The van der Waals surface area contributed by atoms with Gasteiger partial charge in [-0.05, 0) is 43.0 Å². The smallest absolute Gasteiger partial charge is 0.227 e. The lowest BCUT2D eigenvalue weighted by Crippen LogP contribution is -2.26. The van der Waals surface area contributed by atoms with Crippen LogP contribution in [-0.2, 0) is 6.42 Å². The first-order valence-corrected chi connectivity index (χ1v) is 7.37. The van der Waals surface area contributed by atoms with Gasteiger partial charge in [0.2, 0.25) is 11.7 Å². The van der Waals surface area contributed by atoms with Gasteiger partial charge in [-0.25, -0.2) is 0 Å². The Hall–Kier alpha value is -1.39. The SMILES string of the molecule is OC1CCCCC1Cc1nc(-c2ccc(Cl)cc2)no1. The number of aliphatic hydroxyl groups excluding tert-OH is 1. The minimum absolute atomic E-state index is 0.238. The second-order valence-corrected chi connectivity index (χ2v) is 5.77. The Morgan fingerprint density at radius 2 is 1.95 bits per heavy atom. The predicted octanol–water partition coefficient (Wildman–Crippen LogP) is 3.48. The van der Waals surface area contributed by atoms with Gasteiger partial charge in [0.25, 0.3) is 0 Å². The Morgan fingerprint density at radius 1 is 1.20 bits per heavy atom. The van der Waals surface area contributed by atoms with Crippen molar-refractivity contribution in [3.8, 4) is 11.4 Å². The van der Waals surface area contributed by atoms with Gasteiger partial charge in [0.05, 0.1) is 6.10 Å². The highest BCUT2D eigenvalue weighted by molar-refractivity contribution is 6.30. The van der Waals surface area contributed by atoms with E-state index in [1.165, 1.54) is 6.42 Å². The first kappa shape index (κ1) is 13.6. The highest BCUT2D eigenvalue weighted by Gasteiger charge is 2.25. The summed E-state index contributed by atoms with van der Waals surface area (Å²) < 4.78 is 5.30. The molecule has 2 aromatic rings. The molecule has 0 spiro atoms. The molecule has 0 amide bonds. The van der Waals surface area contributed by atoms with Crippen molar-refractivity contribution < 1.29 is 9.63 Å². The molecule has 2 atom stereocenters. The third-order valence-corrected chi connectivity index (χ3v) is 4.13. The molecule has 3 rings (SSSR count). The van der Waals surface area contributed by atoms with Crippen LogP contribution in [0.2, 0.25) is 5.02 Å². The summed E-state index contributed by atoms with van der Waals surface area (Å²) in [7, 11) is 0. The first-order chi connectivity index (χ1) is 9.72. The van der Waals surface area contributed by atoms with E-state index in [2.05, 4.69) is 10.1 Å². The quantitative estimate of drug-likeness (QED) is 0.941. The number of aliphatic hydroxyl groups is 1. The summed E-state index contributed by atoms with van der Waals surface area (Å²) in [6.45, 7) is 0. The minimum Gasteiger partial charge on any atom is -0.393 e. The van der Waals surface area contributed by atoms with Crippen molar-refractivity contribution in [3.63, 3.8) is 0 Å². The molecule has 1 aliphatic rings. The number of nitrogens with zero attached hydrogens (tertiary/aromatic N) is 2. The molecule has 0 saturated heterocycles. The maximum Gasteiger partial charge on any atom is 0.227 e. The summed E-state index contributed by atoms with van der Waals surface area (Å²) in [6.07, 6.45) is 4.59. The van der Waals surface area contributed by atoms with E-state index in [9.17, 15) is 5.11 Å². The van der Waals surface area contributed by atoms with Gasteiger partial charge in [-0.1, -0.05) is 29.6 Å². The molecular formula is C15H17ClN2O2. The van der Waals surface area contributed by atoms with Crippen molar-refractivity contribution >= 4 is 11.6 Å². The Labute approximate surface area is 122 Å². The van der Waals surface area contributed by atoms with Gasteiger partial charge < -0.3 is 9.63 Å². The molecular weight excluding hydrogens is 276 g/mol. The fraction of sp³-hybridized carbons (Fsp3) is 0.467. The third-order valence-electron chi connectivity index (χ3n) is 3.88. The van der Waals surface area contributed by atoms with E-state index in [-0.39, 0.29) is 12.0 Å². The molecule has 1 aromatic carbocycles. The molecule has 106 valence electrons. The fourth-order valence-electron chi connectivity index (χ4n) is 2.70. The van der Waals surface area contributed by atoms with E-state index in [1.807, 2.05) is 12.1 Å². The van der Waals surface area contributed by atoms with Gasteiger partial charge in [-0.3, -0.25) is 0 Å². The third kappa shape index (κ3) is 3.02. The number of hydrogen-bond donors (Lipinski definition) is 1. The van der Waals surface area contributed by atoms with Crippen LogP contribution in [0.4, 0.5) is 0 Å². The zero-order valence-corrected chi connectivity index (χ0v) is 11.9. The number of halogens is 1. The normalized spacial score (nSPS) is 22.9. The second kappa shape index (κ2) is 5.94. The molecule has 1 saturated carbocycles. The minimum atomic E-state index is -0.241. The summed E-state index contributed by atoms with van der Waals surface area (Å²) in [6, 6.07) is 7.34. The van der Waals surface area contributed by atoms with Crippen LogP contribution in [0.25, 0.3) is 11.4 Å². The van der Waals surface area contributed by atoms with Crippen LogP contribution in [0.1, 0.15) is 31.6 Å². The zero-order chi connectivity index (χ0) is 13.9. The molecule has 1 N–H and O–H groups in total. The van der Waals surface area contributed by atoms with Crippen molar-refractivity contribution in [1.29, 1.82) is 0 Å². The molecule has 1 fully saturated rings. The highest BCUT2D eigenvalue weighted by atomic mass is 35.5. The summed E-state index contributed by atoms with van der Waals surface area (Å²) in [5.41, 5.74) is 0.883. The zero-order valence-electron chi connectivity index (χ0n) is 11.1. The van der Waals surface area contributed by atoms with Gasteiger partial charge in [-0.15, -0.1) is 0 Å². The Bertz CT molecular complexity index is 568. The molecule has 0 aliphatic heterocycles. The fourth-order valence-corrected chi connectivity index (χ4v) is 2.83. The van der Waals surface area contributed by atoms with E-state index in [0.29, 0.717) is 23.2 Å². The molecule has 5 heteroatoms. The Balaban J connectivity index is 1.71. The van der Waals surface area contributed by atoms with Crippen molar-refractivity contribution in [2.75, 3.05) is 0 Å². The summed E-state index contributed by atoms with van der Waals surface area (Å²) in [5.74, 6) is 1.41. The lowest BCUT2D eigenvalue weighted by molar-refractivity contribution is 0.0657. The molecule has 1 aromatic heterocycles. The highest BCUT2D eigenvalue weighted by Crippen LogP contribution is 2.27. The van der Waals surface area contributed by atoms with E-state index in [4.69, 9.17) is 16.1 Å². The summed E-state index contributed by atoms with van der Waals surface area (Å²) >= 11 is 5.86. The van der Waals surface area contributed by atoms with Crippen LogP contribution < -0.4 is 0 Å². The van der Waals surface area contributed by atoms with E-state index >= 15 is 0 Å². The van der Waals surface area contributed by atoms with Crippen LogP contribution in [-0.4, -0.2) is 21.4 Å². The monoisotopic (exact) mass is 292 g/mol. The van der Waals surface area contributed by atoms with Crippen molar-refractivity contribution in [2.45, 2.75) is 38.2 Å². The van der Waals surface area contributed by atoms with Gasteiger partial charge in [-0.2, -0.15) is 4.98 Å². The summed E-state index contributed by atoms with van der Waals surface area (Å²) in [5, 5.41) is 14.7. The average Bonchev–Trinajstić information content (AvgIpc) is 2.91. The van der Waals surface area contributed by atoms with E-state index in [0.717, 1.165) is 24.8 Å². The number of aromatic nitrogens is 2. The van der Waals surface area contributed by atoms with Crippen LogP contribution in [0.15, 0.2) is 28.8 Å². The molecule has 1 heterocycles. The van der Waals surface area contributed by atoms with Crippen molar-refractivity contribution in [2.24, 2.45) is 5.92 Å². The van der Waals surface area contributed by atoms with Crippen molar-refractivity contribution in [1.82, 2.24) is 10.1 Å². The average molecular weight is 293 g/mol. The van der Waals surface area contributed by atoms with Gasteiger partial charge >= 0.3 is 0 Å². The van der Waals surface area contributed by atoms with Crippen LogP contribution in [0, 0.1) is 5.92 Å². The van der Waals surface area contributed by atoms with E-state index in [1.54, 1.807) is 12.1 Å². The van der Waals surface area contributed by atoms with Crippen LogP contribution >= 0.6 is 11.6 Å². The lowest BCUT2D eigenvalue weighted by Gasteiger charge is -2.26. The predicted molar refractivity (Wildman–Crippen MR) is 76.4 cm³/mol. The van der Waals surface area contributed by atoms with Gasteiger partial charge in [0, 0.05) is 17.0 Å². The maximum atomic E-state index is 9.98. The Morgan fingerprint density at radius 3 is 2.70 bits per heavy atom. The largest absolute Gasteiger partial charge is 0.393 e. The maximum absolute atomic E-state index is 9.98.